The largest absolute Gasteiger partial charge is 0.339 e. The van der Waals surface area contributed by atoms with Gasteiger partial charge in [-0.2, -0.15) is 0 Å². The van der Waals surface area contributed by atoms with Crippen molar-refractivity contribution in [3.05, 3.63) is 46.7 Å². The van der Waals surface area contributed by atoms with Gasteiger partial charge in [-0.05, 0) is 22.9 Å². The van der Waals surface area contributed by atoms with Gasteiger partial charge in [0, 0.05) is 20.6 Å². The van der Waals surface area contributed by atoms with E-state index >= 15 is 0 Å². The van der Waals surface area contributed by atoms with E-state index in [0.717, 1.165) is 17.2 Å². The van der Waals surface area contributed by atoms with E-state index in [4.69, 9.17) is 4.99 Å². The van der Waals surface area contributed by atoms with Crippen LogP contribution in [0.5, 0.6) is 0 Å². The molecule has 0 bridgehead atoms. The molecule has 1 aliphatic rings. The average Bonchev–Trinajstić information content (AvgIpc) is 2.50. The Hall–Kier alpha value is -1.39. The van der Waals surface area contributed by atoms with Crippen molar-refractivity contribution in [2.75, 3.05) is 5.32 Å². The topological polar surface area (TPSA) is 24.4 Å². The molecule has 132 valence electrons. The molecule has 0 atom stereocenters. The minimum atomic E-state index is 0.122. The fourth-order valence-corrected chi connectivity index (χ4v) is 4.36. The Morgan fingerprint density at radius 2 is 1.64 bits per heavy atom. The van der Waals surface area contributed by atoms with Gasteiger partial charge in [-0.3, -0.25) is 0 Å². The van der Waals surface area contributed by atoms with Crippen LogP contribution in [-0.2, 0) is 0 Å². The molecule has 1 heterocycles. The van der Waals surface area contributed by atoms with Crippen LogP contribution >= 0.6 is 23.5 Å². The van der Waals surface area contributed by atoms with Crippen molar-refractivity contribution in [2.45, 2.75) is 51.0 Å². The maximum Gasteiger partial charge on any atom is 0.145 e. The van der Waals surface area contributed by atoms with E-state index in [1.54, 1.807) is 0 Å². The number of hydrogen-bond donors (Lipinski definition) is 1. The van der Waals surface area contributed by atoms with Gasteiger partial charge in [-0.1, -0.05) is 65.8 Å². The van der Waals surface area contributed by atoms with Crippen molar-refractivity contribution in [1.29, 1.82) is 0 Å². The fraction of sp³-hybridized carbons (Fsp3) is 0.381. The highest BCUT2D eigenvalue weighted by Crippen LogP contribution is 2.41. The Balaban J connectivity index is 2.05. The molecule has 0 saturated heterocycles. The Labute approximate surface area is 159 Å². The zero-order valence-corrected chi connectivity index (χ0v) is 17.4. The normalized spacial score (nSPS) is 15.1. The fourth-order valence-electron chi connectivity index (χ4n) is 2.60. The molecule has 25 heavy (non-hydrogen) atoms. The van der Waals surface area contributed by atoms with Gasteiger partial charge in [0.15, 0.2) is 0 Å². The van der Waals surface area contributed by atoms with Crippen LogP contribution in [0.15, 0.2) is 51.7 Å². The van der Waals surface area contributed by atoms with Gasteiger partial charge in [0.1, 0.15) is 5.84 Å². The minimum Gasteiger partial charge on any atom is -0.339 e. The smallest absolute Gasteiger partial charge is 0.145 e. The highest BCUT2D eigenvalue weighted by atomic mass is 32.2. The summed E-state index contributed by atoms with van der Waals surface area (Å²) in [5, 5.41) is 8.26. The molecular weight excluding hydrogens is 344 g/mol. The number of hydrogen-bond acceptors (Lipinski definition) is 4. The van der Waals surface area contributed by atoms with Gasteiger partial charge in [-0.25, -0.2) is 4.99 Å². The summed E-state index contributed by atoms with van der Waals surface area (Å²) in [7, 11) is 0. The van der Waals surface area contributed by atoms with Crippen LogP contribution in [0.2, 0.25) is 0 Å². The number of nitrogens with one attached hydrogen (secondary N) is 1. The molecule has 4 heteroatoms. The lowest BCUT2D eigenvalue weighted by atomic mass is 10.1. The Bertz CT molecular complexity index is 847. The molecule has 0 unspecified atom stereocenters. The second-order valence-corrected chi connectivity index (χ2v) is 11.8. The molecule has 2 nitrogen and oxygen atoms in total. The second-order valence-electron chi connectivity index (χ2n) is 8.19. The molecule has 0 aromatic heterocycles. The van der Waals surface area contributed by atoms with Crippen LogP contribution in [0.3, 0.4) is 0 Å². The first-order valence-electron chi connectivity index (χ1n) is 8.57. The van der Waals surface area contributed by atoms with Crippen molar-refractivity contribution >= 4 is 51.5 Å². The number of thioether (sulfide) groups is 2. The number of rotatable bonds is 3. The van der Waals surface area contributed by atoms with E-state index in [-0.39, 0.29) is 9.49 Å². The zero-order valence-electron chi connectivity index (χ0n) is 15.8. The van der Waals surface area contributed by atoms with Gasteiger partial charge in [0.25, 0.3) is 0 Å². The molecule has 1 N–H and O–H groups in total. The number of amidine groups is 1. The predicted octanol–water partition coefficient (Wildman–Crippen LogP) is 7.20. The molecule has 0 saturated carbocycles. The van der Waals surface area contributed by atoms with Crippen molar-refractivity contribution in [2.24, 2.45) is 4.99 Å². The Morgan fingerprint density at radius 3 is 2.28 bits per heavy atom. The number of benzene rings is 2. The van der Waals surface area contributed by atoms with Crippen LogP contribution in [-0.4, -0.2) is 15.3 Å². The highest BCUT2D eigenvalue weighted by molar-refractivity contribution is 8.08. The second kappa shape index (κ2) is 6.73. The summed E-state index contributed by atoms with van der Waals surface area (Å²) in [6.45, 7) is 13.4. The van der Waals surface area contributed by atoms with Crippen molar-refractivity contribution in [1.82, 2.24) is 0 Å². The maximum absolute atomic E-state index is 4.95. The summed E-state index contributed by atoms with van der Waals surface area (Å²) < 4.78 is 0.300. The van der Waals surface area contributed by atoms with Gasteiger partial charge in [0.2, 0.25) is 0 Å². The van der Waals surface area contributed by atoms with E-state index < -0.39 is 0 Å². The predicted molar refractivity (Wildman–Crippen MR) is 117 cm³/mol. The third kappa shape index (κ3) is 4.62. The Morgan fingerprint density at radius 1 is 0.960 bits per heavy atom. The standard InChI is InChI=1S/C21H26N2S2/c1-20(2,3)24-13-17(25-21(4,5)6)19-22-15-11-7-9-14-10-8-12-16(23-19)18(14)15/h7-13H,1-6H3,(H,22,23)/b17-13-. The van der Waals surface area contributed by atoms with Crippen LogP contribution in [0, 0.1) is 0 Å². The lowest BCUT2D eigenvalue weighted by Crippen LogP contribution is -2.20. The van der Waals surface area contributed by atoms with Crippen LogP contribution in [0.4, 0.5) is 11.4 Å². The summed E-state index contributed by atoms with van der Waals surface area (Å²) in [5.41, 5.74) is 2.18. The SMILES string of the molecule is CC(C)(C)S/C=C(\SC(C)(C)C)C1=Nc2cccc3cccc(c23)N1. The highest BCUT2D eigenvalue weighted by Gasteiger charge is 2.23. The van der Waals surface area contributed by atoms with E-state index in [1.165, 1.54) is 15.7 Å². The molecule has 3 rings (SSSR count). The molecule has 0 aliphatic carbocycles. The van der Waals surface area contributed by atoms with Crippen molar-refractivity contribution < 1.29 is 0 Å². The first-order valence-corrected chi connectivity index (χ1v) is 10.3. The van der Waals surface area contributed by atoms with Gasteiger partial charge < -0.3 is 5.32 Å². The third-order valence-corrected chi connectivity index (χ3v) is 5.89. The van der Waals surface area contributed by atoms with E-state index in [1.807, 2.05) is 23.5 Å². The molecular formula is C21H26N2S2. The zero-order chi connectivity index (χ0) is 18.2. The molecule has 1 aliphatic heterocycles. The number of anilines is 1. The quantitative estimate of drug-likeness (QED) is 0.618. The number of nitrogens with zero attached hydrogens (tertiary/aromatic N) is 1. The van der Waals surface area contributed by atoms with E-state index in [9.17, 15) is 0 Å². The summed E-state index contributed by atoms with van der Waals surface area (Å²) in [4.78, 5) is 6.15. The molecule has 2 aromatic carbocycles. The van der Waals surface area contributed by atoms with E-state index in [0.29, 0.717) is 0 Å². The van der Waals surface area contributed by atoms with Crippen LogP contribution in [0.25, 0.3) is 10.8 Å². The third-order valence-electron chi connectivity index (χ3n) is 3.54. The van der Waals surface area contributed by atoms with Gasteiger partial charge >= 0.3 is 0 Å². The minimum absolute atomic E-state index is 0.122. The molecule has 0 amide bonds. The maximum atomic E-state index is 4.95. The molecule has 0 radical (unpaired) electrons. The molecule has 0 spiro atoms. The monoisotopic (exact) mass is 370 g/mol. The van der Waals surface area contributed by atoms with Crippen molar-refractivity contribution in [3.63, 3.8) is 0 Å². The van der Waals surface area contributed by atoms with Crippen LogP contribution in [0.1, 0.15) is 41.5 Å². The first kappa shape index (κ1) is 18.4. The van der Waals surface area contributed by atoms with Gasteiger partial charge in [0.05, 0.1) is 10.6 Å². The summed E-state index contributed by atoms with van der Waals surface area (Å²) in [6, 6.07) is 12.7. The summed E-state index contributed by atoms with van der Waals surface area (Å²) >= 11 is 3.71. The van der Waals surface area contributed by atoms with E-state index in [2.05, 4.69) is 88.7 Å². The number of aliphatic imine (C=N–C) groups is 1. The lowest BCUT2D eigenvalue weighted by Gasteiger charge is -2.25. The average molecular weight is 371 g/mol. The van der Waals surface area contributed by atoms with Gasteiger partial charge in [-0.15, -0.1) is 23.5 Å². The Kier molecular flexibility index (Phi) is 4.95. The van der Waals surface area contributed by atoms with Crippen LogP contribution < -0.4 is 5.32 Å². The lowest BCUT2D eigenvalue weighted by molar-refractivity contribution is 0.805. The van der Waals surface area contributed by atoms with Crippen molar-refractivity contribution in [3.8, 4) is 0 Å². The summed E-state index contributed by atoms with van der Waals surface area (Å²) in [5.74, 6) is 0.947. The summed E-state index contributed by atoms with van der Waals surface area (Å²) in [6.07, 6.45) is 0. The first-order chi connectivity index (χ1) is 11.6. The molecule has 2 aromatic rings. The molecule has 0 fully saturated rings.